The van der Waals surface area contributed by atoms with E-state index in [1.807, 2.05) is 13.8 Å². The van der Waals surface area contributed by atoms with Crippen LogP contribution in [-0.2, 0) is 48.7 Å². The van der Waals surface area contributed by atoms with Gasteiger partial charge < -0.3 is 19.3 Å². The number of rotatable bonds is 17. The van der Waals surface area contributed by atoms with E-state index >= 15 is 0 Å². The molecule has 0 heterocycles. The standard InChI is InChI=1S/C14H22F6O3.C9H19NO4S.C8H16O5S/c1-6-11(4,5)10(21)23-9(8(2)3)7-12(22,13(15,16)17)14(18,19)20;1-5-9(2,3)8(11)14-7-6-10-15(4,12)13;1-4-8(2,3)7(9)13-5-6-14(10,11)12/h8-9,22H,6-7H2,1-5H3;10H,5-7H2,1-4H3;4-6H2,1-3H3,(H,10,11,12). The third kappa shape index (κ3) is 20.9. The maximum Gasteiger partial charge on any atom is 0.426 e. The fourth-order valence-corrected chi connectivity index (χ4v) is 3.58. The smallest absolute Gasteiger partial charge is 0.426 e. The number of hydrogen-bond donors (Lipinski definition) is 3. The molecule has 0 radical (unpaired) electrons. The van der Waals surface area contributed by atoms with Gasteiger partial charge in [0.25, 0.3) is 15.7 Å². The van der Waals surface area contributed by atoms with E-state index in [9.17, 15) is 62.7 Å². The third-order valence-electron chi connectivity index (χ3n) is 8.02. The number of aliphatic hydroxyl groups is 1. The van der Waals surface area contributed by atoms with Crippen LogP contribution in [0.15, 0.2) is 0 Å². The molecule has 0 aliphatic heterocycles. The summed E-state index contributed by atoms with van der Waals surface area (Å²) in [6.07, 6.45) is -12.8. The van der Waals surface area contributed by atoms with Gasteiger partial charge in [-0.2, -0.15) is 34.8 Å². The monoisotopic (exact) mass is 813 g/mol. The zero-order valence-corrected chi connectivity index (χ0v) is 33.5. The molecule has 21 heteroatoms. The summed E-state index contributed by atoms with van der Waals surface area (Å²) in [6.45, 7) is 17.8. The molecular weight excluding hydrogens is 756 g/mol. The molecule has 0 bridgehead atoms. The quantitative estimate of drug-likeness (QED) is 0.0541. The van der Waals surface area contributed by atoms with Gasteiger partial charge >= 0.3 is 30.3 Å². The molecule has 0 rings (SSSR count). The van der Waals surface area contributed by atoms with Crippen LogP contribution < -0.4 is 4.72 Å². The van der Waals surface area contributed by atoms with Gasteiger partial charge in [0.05, 0.1) is 22.5 Å². The number of sulfonamides is 1. The Morgan fingerprint density at radius 3 is 1.33 bits per heavy atom. The van der Waals surface area contributed by atoms with Gasteiger partial charge in [-0.05, 0) is 66.7 Å². The number of halogens is 6. The van der Waals surface area contributed by atoms with Crippen molar-refractivity contribution in [2.45, 2.75) is 126 Å². The molecule has 0 aromatic rings. The van der Waals surface area contributed by atoms with E-state index in [1.165, 1.54) is 27.7 Å². The molecule has 0 amide bonds. The molecule has 0 saturated heterocycles. The molecule has 1 unspecified atom stereocenters. The second-order valence-electron chi connectivity index (χ2n) is 14.2. The molecule has 0 spiro atoms. The highest BCUT2D eigenvalue weighted by molar-refractivity contribution is 7.88. The molecule has 13 nitrogen and oxygen atoms in total. The maximum atomic E-state index is 12.8. The molecular formula is C31H57F6NO12S2. The van der Waals surface area contributed by atoms with E-state index in [-0.39, 0.29) is 25.7 Å². The van der Waals surface area contributed by atoms with Crippen LogP contribution in [-0.4, -0.2) is 100 Å². The second kappa shape index (κ2) is 21.0. The lowest BCUT2D eigenvalue weighted by Gasteiger charge is -2.36. The normalized spacial score (nSPS) is 13.9. The number of hydrogen-bond acceptors (Lipinski definition) is 11. The number of carbonyl (C=O) groups excluding carboxylic acids is 3. The highest BCUT2D eigenvalue weighted by atomic mass is 32.2. The first-order valence-corrected chi connectivity index (χ1v) is 19.7. The Kier molecular flexibility index (Phi) is 21.9. The average molecular weight is 814 g/mol. The van der Waals surface area contributed by atoms with Crippen molar-refractivity contribution in [1.82, 2.24) is 4.72 Å². The Hall–Kier alpha value is -2.23. The van der Waals surface area contributed by atoms with Crippen LogP contribution in [0.2, 0.25) is 0 Å². The van der Waals surface area contributed by atoms with E-state index in [4.69, 9.17) is 18.8 Å². The van der Waals surface area contributed by atoms with Gasteiger partial charge in [-0.25, -0.2) is 13.1 Å². The predicted molar refractivity (Wildman–Crippen MR) is 180 cm³/mol. The largest absolute Gasteiger partial charge is 0.464 e. The Morgan fingerprint density at radius 2 is 1.04 bits per heavy atom. The average Bonchev–Trinajstić information content (AvgIpc) is 2.96. The SMILES string of the molecule is CCC(C)(C)C(=O)OC(CC(O)(C(F)(F)F)C(F)(F)F)C(C)C.CCC(C)(C)C(=O)OCCNS(C)(=O)=O.CCC(C)(C)C(=O)OCCS(=O)(=O)O. The van der Waals surface area contributed by atoms with E-state index in [0.29, 0.717) is 19.3 Å². The van der Waals surface area contributed by atoms with Crippen LogP contribution in [0.25, 0.3) is 0 Å². The Balaban J connectivity index is -0.000000725. The molecule has 0 saturated carbocycles. The summed E-state index contributed by atoms with van der Waals surface area (Å²) in [7, 11) is -7.25. The van der Waals surface area contributed by atoms with Crippen LogP contribution in [0.3, 0.4) is 0 Å². The van der Waals surface area contributed by atoms with Crippen molar-refractivity contribution >= 4 is 38.0 Å². The van der Waals surface area contributed by atoms with Crippen molar-refractivity contribution in [1.29, 1.82) is 0 Å². The van der Waals surface area contributed by atoms with Gasteiger partial charge in [0.2, 0.25) is 10.0 Å². The van der Waals surface area contributed by atoms with Gasteiger partial charge in [-0.15, -0.1) is 0 Å². The molecule has 0 aromatic carbocycles. The molecule has 0 aliphatic rings. The number of nitrogens with one attached hydrogen (secondary N) is 1. The lowest BCUT2D eigenvalue weighted by atomic mass is 9.88. The van der Waals surface area contributed by atoms with Crippen LogP contribution in [0, 0.1) is 22.2 Å². The molecule has 312 valence electrons. The molecule has 0 aromatic heterocycles. The van der Waals surface area contributed by atoms with Crippen molar-refractivity contribution in [3.05, 3.63) is 0 Å². The first kappa shape index (κ1) is 54.1. The topological polar surface area (TPSA) is 200 Å². The lowest BCUT2D eigenvalue weighted by molar-refractivity contribution is -0.374. The summed E-state index contributed by atoms with van der Waals surface area (Å²) < 4.78 is 144. The third-order valence-corrected chi connectivity index (χ3v) is 9.43. The zero-order valence-electron chi connectivity index (χ0n) is 31.9. The fourth-order valence-electron chi connectivity index (χ4n) is 2.83. The number of ether oxygens (including phenoxy) is 3. The summed E-state index contributed by atoms with van der Waals surface area (Å²) >= 11 is 0. The summed E-state index contributed by atoms with van der Waals surface area (Å²) in [5.74, 6) is -3.07. The lowest BCUT2D eigenvalue weighted by Crippen LogP contribution is -2.59. The second-order valence-corrected chi connectivity index (χ2v) is 17.6. The zero-order chi connectivity index (χ0) is 42.4. The minimum absolute atomic E-state index is 0.0648. The maximum absolute atomic E-state index is 12.8. The van der Waals surface area contributed by atoms with Gasteiger partial charge in [-0.3, -0.25) is 18.9 Å². The van der Waals surface area contributed by atoms with Crippen molar-refractivity contribution in [2.24, 2.45) is 22.2 Å². The van der Waals surface area contributed by atoms with E-state index < -0.39 is 90.5 Å². The van der Waals surface area contributed by atoms with Crippen LogP contribution in [0.1, 0.15) is 102 Å². The minimum Gasteiger partial charge on any atom is -0.464 e. The number of alkyl halides is 6. The Labute approximate surface area is 303 Å². The summed E-state index contributed by atoms with van der Waals surface area (Å²) in [6, 6.07) is 0. The predicted octanol–water partition coefficient (Wildman–Crippen LogP) is 5.60. The molecule has 3 N–H and O–H groups in total. The number of esters is 3. The highest BCUT2D eigenvalue weighted by Gasteiger charge is 2.71. The Morgan fingerprint density at radius 1 is 0.692 bits per heavy atom. The fraction of sp³-hybridized carbons (Fsp3) is 0.903. The highest BCUT2D eigenvalue weighted by Crippen LogP contribution is 2.47. The molecule has 1 atom stereocenters. The summed E-state index contributed by atoms with van der Waals surface area (Å²) in [5.41, 5.74) is -7.11. The molecule has 0 fully saturated rings. The van der Waals surface area contributed by atoms with Gasteiger partial charge in [0, 0.05) is 13.0 Å². The van der Waals surface area contributed by atoms with E-state index in [2.05, 4.69) is 4.72 Å². The summed E-state index contributed by atoms with van der Waals surface area (Å²) in [4.78, 5) is 34.6. The van der Waals surface area contributed by atoms with Crippen molar-refractivity contribution < 1.29 is 81.4 Å². The van der Waals surface area contributed by atoms with Crippen LogP contribution in [0.5, 0.6) is 0 Å². The van der Waals surface area contributed by atoms with E-state index in [0.717, 1.165) is 6.26 Å². The van der Waals surface area contributed by atoms with Crippen molar-refractivity contribution in [2.75, 3.05) is 31.8 Å². The van der Waals surface area contributed by atoms with Gasteiger partial charge in [0.1, 0.15) is 25.1 Å². The minimum atomic E-state index is -5.94. The van der Waals surface area contributed by atoms with Crippen LogP contribution in [0.4, 0.5) is 26.3 Å². The van der Waals surface area contributed by atoms with Crippen molar-refractivity contribution in [3.63, 3.8) is 0 Å². The van der Waals surface area contributed by atoms with Gasteiger partial charge in [0.15, 0.2) is 0 Å². The van der Waals surface area contributed by atoms with Crippen LogP contribution >= 0.6 is 0 Å². The Bertz CT molecular complexity index is 1330. The van der Waals surface area contributed by atoms with E-state index in [1.54, 1.807) is 34.6 Å². The number of carbonyl (C=O) groups is 3. The van der Waals surface area contributed by atoms with Gasteiger partial charge in [-0.1, -0.05) is 34.6 Å². The first-order valence-electron chi connectivity index (χ1n) is 16.2. The molecule has 52 heavy (non-hydrogen) atoms. The summed E-state index contributed by atoms with van der Waals surface area (Å²) in [5, 5.41) is 9.24. The first-order chi connectivity index (χ1) is 22.9. The van der Waals surface area contributed by atoms with Crippen molar-refractivity contribution in [3.8, 4) is 0 Å². The molecule has 0 aliphatic carbocycles.